The van der Waals surface area contributed by atoms with E-state index in [2.05, 4.69) is 0 Å². The molecular formula is C11H20KO2+. The topological polar surface area (TPSA) is 34.1 Å². The van der Waals surface area contributed by atoms with E-state index in [0.29, 0.717) is 0 Å². The molecule has 0 unspecified atom stereocenters. The molecule has 0 aromatic heterocycles. The Morgan fingerprint density at radius 3 is 1.14 bits per heavy atom. The standard InChI is InChI=1S/C11H20O2.K/c1-10(2,3)8(12)7-9(13)11(4,5)6;/h7H2,1-6H3;/q;+1. The summed E-state index contributed by atoms with van der Waals surface area (Å²) < 4.78 is 0. The molecule has 76 valence electrons. The van der Waals surface area contributed by atoms with Crippen LogP contribution < -0.4 is 51.4 Å². The molecule has 0 spiro atoms. The van der Waals surface area contributed by atoms with Gasteiger partial charge in [-0.05, 0) is 0 Å². The van der Waals surface area contributed by atoms with Crippen LogP contribution in [0.15, 0.2) is 0 Å². The smallest absolute Gasteiger partial charge is 0.299 e. The van der Waals surface area contributed by atoms with Crippen LogP contribution in [0.4, 0.5) is 0 Å². The van der Waals surface area contributed by atoms with Crippen LogP contribution in [-0.4, -0.2) is 11.6 Å². The van der Waals surface area contributed by atoms with Crippen molar-refractivity contribution in [2.45, 2.75) is 48.0 Å². The van der Waals surface area contributed by atoms with E-state index in [9.17, 15) is 9.59 Å². The first-order chi connectivity index (χ1) is 5.55. The van der Waals surface area contributed by atoms with Crippen molar-refractivity contribution in [1.29, 1.82) is 0 Å². The molecule has 0 atom stereocenters. The summed E-state index contributed by atoms with van der Waals surface area (Å²) in [6.45, 7) is 11.0. The molecule has 0 fully saturated rings. The third-order valence-corrected chi connectivity index (χ3v) is 1.99. The second-order valence-electron chi connectivity index (χ2n) is 5.52. The van der Waals surface area contributed by atoms with Crippen LogP contribution in [0.1, 0.15) is 48.0 Å². The van der Waals surface area contributed by atoms with Crippen LogP contribution >= 0.6 is 0 Å². The third kappa shape index (κ3) is 6.46. The minimum absolute atomic E-state index is 0. The second-order valence-corrected chi connectivity index (χ2v) is 5.52. The predicted molar refractivity (Wildman–Crippen MR) is 53.5 cm³/mol. The van der Waals surface area contributed by atoms with Gasteiger partial charge in [0.25, 0.3) is 0 Å². The van der Waals surface area contributed by atoms with Crippen LogP contribution in [0.5, 0.6) is 0 Å². The van der Waals surface area contributed by atoms with Gasteiger partial charge in [-0.25, -0.2) is 0 Å². The summed E-state index contributed by atoms with van der Waals surface area (Å²) in [5.74, 6) is 0.0415. The van der Waals surface area contributed by atoms with Gasteiger partial charge in [-0.2, -0.15) is 0 Å². The van der Waals surface area contributed by atoms with E-state index < -0.39 is 10.8 Å². The Labute approximate surface area is 130 Å². The molecule has 0 aliphatic carbocycles. The Morgan fingerprint density at radius 2 is 1.00 bits per heavy atom. The SMILES string of the molecule is CC(C)(C)C(=O)CC(=O)C(C)(C)C.[K+]. The number of rotatable bonds is 2. The van der Waals surface area contributed by atoms with Crippen LogP contribution in [-0.2, 0) is 9.59 Å². The fourth-order valence-electron chi connectivity index (χ4n) is 0.676. The zero-order valence-electron chi connectivity index (χ0n) is 10.5. The molecule has 0 aromatic rings. The fourth-order valence-corrected chi connectivity index (χ4v) is 0.676. The summed E-state index contributed by atoms with van der Waals surface area (Å²) in [4.78, 5) is 23.0. The van der Waals surface area contributed by atoms with Gasteiger partial charge in [0, 0.05) is 10.8 Å². The van der Waals surface area contributed by atoms with Crippen molar-refractivity contribution in [2.24, 2.45) is 10.8 Å². The van der Waals surface area contributed by atoms with Gasteiger partial charge in [0.1, 0.15) is 11.6 Å². The molecule has 2 nitrogen and oxygen atoms in total. The van der Waals surface area contributed by atoms with Gasteiger partial charge in [0.2, 0.25) is 0 Å². The first-order valence-electron chi connectivity index (χ1n) is 4.62. The first kappa shape index (κ1) is 17.4. The van der Waals surface area contributed by atoms with Gasteiger partial charge in [-0.1, -0.05) is 41.5 Å². The van der Waals surface area contributed by atoms with E-state index in [1.165, 1.54) is 0 Å². The second kappa shape index (κ2) is 5.90. The number of hydrogen-bond acceptors (Lipinski definition) is 2. The van der Waals surface area contributed by atoms with Crippen molar-refractivity contribution in [2.75, 3.05) is 0 Å². The predicted octanol–water partition coefficient (Wildman–Crippen LogP) is -0.389. The van der Waals surface area contributed by atoms with Crippen molar-refractivity contribution in [3.05, 3.63) is 0 Å². The van der Waals surface area contributed by atoms with E-state index in [0.717, 1.165) is 0 Å². The normalized spacial score (nSPS) is 11.9. The van der Waals surface area contributed by atoms with E-state index in [1.54, 1.807) is 0 Å². The number of carbonyl (C=O) groups is 2. The van der Waals surface area contributed by atoms with Crippen molar-refractivity contribution in [3.8, 4) is 0 Å². The maximum absolute atomic E-state index is 11.5. The van der Waals surface area contributed by atoms with Crippen molar-refractivity contribution < 1.29 is 61.0 Å². The number of Topliss-reactive ketones (excluding diaryl/α,β-unsaturated/α-hetero) is 2. The van der Waals surface area contributed by atoms with Crippen molar-refractivity contribution >= 4 is 11.6 Å². The van der Waals surface area contributed by atoms with Crippen LogP contribution in [0.25, 0.3) is 0 Å². The molecule has 0 aliphatic rings. The van der Waals surface area contributed by atoms with E-state index in [4.69, 9.17) is 0 Å². The molecule has 0 saturated carbocycles. The zero-order valence-corrected chi connectivity index (χ0v) is 13.6. The Bertz CT molecular complexity index is 194. The fraction of sp³-hybridized carbons (Fsp3) is 0.818. The Hall–Kier alpha value is 0.976. The first-order valence-corrected chi connectivity index (χ1v) is 4.62. The molecule has 0 heterocycles. The van der Waals surface area contributed by atoms with Crippen LogP contribution in [0.3, 0.4) is 0 Å². The quantitative estimate of drug-likeness (QED) is 0.472. The Balaban J connectivity index is 0. The molecule has 0 aromatic carbocycles. The zero-order chi connectivity index (χ0) is 10.9. The molecular weight excluding hydrogens is 203 g/mol. The number of carbonyl (C=O) groups excluding carboxylic acids is 2. The molecule has 0 bridgehead atoms. The monoisotopic (exact) mass is 223 g/mol. The average molecular weight is 223 g/mol. The molecule has 0 N–H and O–H groups in total. The summed E-state index contributed by atoms with van der Waals surface area (Å²) in [5.41, 5.74) is -0.804. The molecule has 0 aliphatic heterocycles. The summed E-state index contributed by atoms with van der Waals surface area (Å²) in [5, 5.41) is 0. The summed E-state index contributed by atoms with van der Waals surface area (Å²) in [6.07, 6.45) is 0.0625. The van der Waals surface area contributed by atoms with Gasteiger partial charge in [-0.3, -0.25) is 9.59 Å². The molecule has 0 saturated heterocycles. The summed E-state index contributed by atoms with van der Waals surface area (Å²) >= 11 is 0. The van der Waals surface area contributed by atoms with Crippen LogP contribution in [0.2, 0.25) is 0 Å². The summed E-state index contributed by atoms with van der Waals surface area (Å²) in [6, 6.07) is 0. The third-order valence-electron chi connectivity index (χ3n) is 1.99. The molecule has 3 heteroatoms. The van der Waals surface area contributed by atoms with Gasteiger partial charge in [0.15, 0.2) is 0 Å². The van der Waals surface area contributed by atoms with E-state index in [-0.39, 0.29) is 69.4 Å². The van der Waals surface area contributed by atoms with Gasteiger partial charge in [0.05, 0.1) is 6.42 Å². The van der Waals surface area contributed by atoms with E-state index >= 15 is 0 Å². The van der Waals surface area contributed by atoms with Gasteiger partial charge >= 0.3 is 51.4 Å². The average Bonchev–Trinajstić information content (AvgIpc) is 1.82. The molecule has 14 heavy (non-hydrogen) atoms. The maximum Gasteiger partial charge on any atom is 1.00 e. The van der Waals surface area contributed by atoms with Crippen molar-refractivity contribution in [1.82, 2.24) is 0 Å². The molecule has 0 radical (unpaired) electrons. The van der Waals surface area contributed by atoms with E-state index in [1.807, 2.05) is 41.5 Å². The number of hydrogen-bond donors (Lipinski definition) is 0. The van der Waals surface area contributed by atoms with Gasteiger partial charge in [-0.15, -0.1) is 0 Å². The van der Waals surface area contributed by atoms with Crippen LogP contribution in [0, 0.1) is 10.8 Å². The minimum Gasteiger partial charge on any atom is -0.299 e. The maximum atomic E-state index is 11.5. The number of ketones is 2. The van der Waals surface area contributed by atoms with Gasteiger partial charge < -0.3 is 0 Å². The molecule has 0 rings (SSSR count). The Kier molecular flexibility index (Phi) is 7.32. The summed E-state index contributed by atoms with van der Waals surface area (Å²) in [7, 11) is 0. The molecule has 0 amide bonds. The van der Waals surface area contributed by atoms with Crippen molar-refractivity contribution in [3.63, 3.8) is 0 Å². The largest absolute Gasteiger partial charge is 1.00 e. The minimum atomic E-state index is -0.402. The Morgan fingerprint density at radius 1 is 0.786 bits per heavy atom.